The van der Waals surface area contributed by atoms with Gasteiger partial charge in [-0.15, -0.1) is 0 Å². The number of nitrogens with zero attached hydrogens (tertiary/aromatic N) is 1. The number of hydrogen-bond acceptors (Lipinski definition) is 3. The molecule has 0 amide bonds. The van der Waals surface area contributed by atoms with E-state index in [1.807, 2.05) is 27.7 Å². The summed E-state index contributed by atoms with van der Waals surface area (Å²) in [6, 6.07) is 3.65. The number of benzene rings is 1. The second kappa shape index (κ2) is 5.37. The summed E-state index contributed by atoms with van der Waals surface area (Å²) in [4.78, 5) is 0.430. The average Bonchev–Trinajstić information content (AvgIpc) is 3.06. The third-order valence-corrected chi connectivity index (χ3v) is 5.77. The first-order valence-electron chi connectivity index (χ1n) is 7.12. The van der Waals surface area contributed by atoms with Crippen molar-refractivity contribution in [2.24, 2.45) is 5.92 Å². The summed E-state index contributed by atoms with van der Waals surface area (Å²) >= 11 is 0. The van der Waals surface area contributed by atoms with Gasteiger partial charge in [-0.2, -0.15) is 4.31 Å². The Morgan fingerprint density at radius 2 is 1.75 bits per heavy atom. The van der Waals surface area contributed by atoms with Gasteiger partial charge in [-0.05, 0) is 55.9 Å². The van der Waals surface area contributed by atoms with Crippen molar-refractivity contribution in [1.82, 2.24) is 4.31 Å². The highest BCUT2D eigenvalue weighted by molar-refractivity contribution is 7.89. The van der Waals surface area contributed by atoms with Crippen molar-refractivity contribution in [2.75, 3.05) is 12.3 Å². The maximum atomic E-state index is 13.0. The van der Waals surface area contributed by atoms with Crippen molar-refractivity contribution in [3.63, 3.8) is 0 Å². The van der Waals surface area contributed by atoms with E-state index >= 15 is 0 Å². The van der Waals surface area contributed by atoms with Crippen molar-refractivity contribution >= 4 is 15.7 Å². The van der Waals surface area contributed by atoms with Gasteiger partial charge in [-0.25, -0.2) is 8.42 Å². The molecule has 0 aromatic heterocycles. The molecule has 2 rings (SSSR count). The van der Waals surface area contributed by atoms with Crippen molar-refractivity contribution in [3.05, 3.63) is 23.3 Å². The van der Waals surface area contributed by atoms with Crippen LogP contribution in [0.1, 0.15) is 37.8 Å². The Labute approximate surface area is 122 Å². The molecule has 1 saturated carbocycles. The first kappa shape index (κ1) is 15.3. The van der Waals surface area contributed by atoms with Gasteiger partial charge in [0.2, 0.25) is 10.0 Å². The van der Waals surface area contributed by atoms with Crippen LogP contribution < -0.4 is 5.73 Å². The zero-order chi connectivity index (χ0) is 15.1. The fraction of sp³-hybridized carbons (Fsp3) is 0.600. The molecule has 4 nitrogen and oxygen atoms in total. The van der Waals surface area contributed by atoms with Crippen LogP contribution >= 0.6 is 0 Å². The molecule has 0 atom stereocenters. The van der Waals surface area contributed by atoms with Gasteiger partial charge >= 0.3 is 0 Å². The van der Waals surface area contributed by atoms with Gasteiger partial charge in [-0.3, -0.25) is 0 Å². The highest BCUT2D eigenvalue weighted by Gasteiger charge is 2.39. The first-order valence-corrected chi connectivity index (χ1v) is 8.56. The molecule has 1 aliphatic rings. The van der Waals surface area contributed by atoms with Crippen molar-refractivity contribution < 1.29 is 8.42 Å². The van der Waals surface area contributed by atoms with Crippen LogP contribution in [0.25, 0.3) is 0 Å². The topological polar surface area (TPSA) is 63.4 Å². The first-order chi connectivity index (χ1) is 9.23. The standard InChI is InChI=1S/C15H24N2O2S/c1-10(2)9-17(14-5-6-14)20(18,19)15-11(3)7-13(16)8-12(15)4/h7-8,10,14H,5-6,9,16H2,1-4H3. The number of anilines is 1. The Bertz CT molecular complexity index is 581. The summed E-state index contributed by atoms with van der Waals surface area (Å²) in [5.74, 6) is 0.319. The molecule has 0 unspecified atom stereocenters. The van der Waals surface area contributed by atoms with Crippen LogP contribution in [-0.2, 0) is 10.0 Å². The number of rotatable bonds is 5. The largest absolute Gasteiger partial charge is 0.399 e. The Morgan fingerprint density at radius 3 is 2.15 bits per heavy atom. The van der Waals surface area contributed by atoms with Gasteiger partial charge in [0.1, 0.15) is 0 Å². The number of nitrogen functional groups attached to an aromatic ring is 1. The summed E-state index contributed by atoms with van der Waals surface area (Å²) in [6.07, 6.45) is 1.94. The molecule has 112 valence electrons. The van der Waals surface area contributed by atoms with Crippen molar-refractivity contribution in [3.8, 4) is 0 Å². The van der Waals surface area contributed by atoms with E-state index in [1.54, 1.807) is 16.4 Å². The van der Waals surface area contributed by atoms with Crippen LogP contribution in [-0.4, -0.2) is 25.3 Å². The summed E-state index contributed by atoms with van der Waals surface area (Å²) < 4.78 is 27.7. The summed E-state index contributed by atoms with van der Waals surface area (Å²) in [5, 5.41) is 0. The van der Waals surface area contributed by atoms with E-state index in [1.165, 1.54) is 0 Å². The van der Waals surface area contributed by atoms with Crippen LogP contribution in [0.3, 0.4) is 0 Å². The van der Waals surface area contributed by atoms with E-state index in [0.29, 0.717) is 23.0 Å². The molecule has 2 N–H and O–H groups in total. The van der Waals surface area contributed by atoms with Gasteiger partial charge in [0.25, 0.3) is 0 Å². The second-order valence-electron chi connectivity index (χ2n) is 6.18. The fourth-order valence-electron chi connectivity index (χ4n) is 2.67. The average molecular weight is 296 g/mol. The van der Waals surface area contributed by atoms with Crippen LogP contribution in [0.15, 0.2) is 17.0 Å². The van der Waals surface area contributed by atoms with E-state index in [4.69, 9.17) is 5.73 Å². The molecule has 1 fully saturated rings. The minimum Gasteiger partial charge on any atom is -0.399 e. The molecule has 20 heavy (non-hydrogen) atoms. The molecule has 0 spiro atoms. The number of hydrogen-bond donors (Lipinski definition) is 1. The Kier molecular flexibility index (Phi) is 4.12. The molecule has 5 heteroatoms. The maximum Gasteiger partial charge on any atom is 0.243 e. The summed E-state index contributed by atoms with van der Waals surface area (Å²) in [5.41, 5.74) is 7.87. The van der Waals surface area contributed by atoms with Gasteiger partial charge < -0.3 is 5.73 Å². The van der Waals surface area contributed by atoms with Crippen LogP contribution in [0.5, 0.6) is 0 Å². The Balaban J connectivity index is 2.48. The van der Waals surface area contributed by atoms with E-state index in [2.05, 4.69) is 0 Å². The highest BCUT2D eigenvalue weighted by Crippen LogP contribution is 2.35. The van der Waals surface area contributed by atoms with Gasteiger partial charge in [0.05, 0.1) is 4.90 Å². The van der Waals surface area contributed by atoms with Crippen LogP contribution in [0.4, 0.5) is 5.69 Å². The quantitative estimate of drug-likeness (QED) is 0.850. The zero-order valence-electron chi connectivity index (χ0n) is 12.7. The number of sulfonamides is 1. The highest BCUT2D eigenvalue weighted by atomic mass is 32.2. The van der Waals surface area contributed by atoms with Crippen molar-refractivity contribution in [2.45, 2.75) is 51.5 Å². The van der Waals surface area contributed by atoms with Gasteiger partial charge in [-0.1, -0.05) is 13.8 Å². The van der Waals surface area contributed by atoms with Crippen LogP contribution in [0, 0.1) is 19.8 Å². The normalized spacial score (nSPS) is 16.1. The predicted molar refractivity (Wildman–Crippen MR) is 82.1 cm³/mol. The lowest BCUT2D eigenvalue weighted by Gasteiger charge is -2.25. The summed E-state index contributed by atoms with van der Waals surface area (Å²) in [7, 11) is -3.43. The zero-order valence-corrected chi connectivity index (χ0v) is 13.5. The van der Waals surface area contributed by atoms with E-state index in [0.717, 1.165) is 24.0 Å². The van der Waals surface area contributed by atoms with Gasteiger partial charge in [0, 0.05) is 18.3 Å². The molecule has 0 aliphatic heterocycles. The number of aryl methyl sites for hydroxylation is 2. The van der Waals surface area contributed by atoms with E-state index in [9.17, 15) is 8.42 Å². The molecule has 1 aliphatic carbocycles. The monoisotopic (exact) mass is 296 g/mol. The third kappa shape index (κ3) is 2.99. The molecular weight excluding hydrogens is 272 g/mol. The molecule has 0 radical (unpaired) electrons. The third-order valence-electron chi connectivity index (χ3n) is 3.55. The Hall–Kier alpha value is -1.07. The minimum absolute atomic E-state index is 0.179. The molecule has 1 aromatic carbocycles. The number of nitrogens with two attached hydrogens (primary N) is 1. The maximum absolute atomic E-state index is 13.0. The molecule has 1 aromatic rings. The van der Waals surface area contributed by atoms with E-state index in [-0.39, 0.29) is 6.04 Å². The van der Waals surface area contributed by atoms with E-state index < -0.39 is 10.0 Å². The molecule has 0 heterocycles. The second-order valence-corrected chi connectivity index (χ2v) is 8.01. The molecule has 0 bridgehead atoms. The predicted octanol–water partition coefficient (Wildman–Crippen LogP) is 2.69. The lowest BCUT2D eigenvalue weighted by molar-refractivity contribution is 0.359. The lowest BCUT2D eigenvalue weighted by atomic mass is 10.1. The minimum atomic E-state index is -3.43. The SMILES string of the molecule is Cc1cc(N)cc(C)c1S(=O)(=O)N(CC(C)C)C1CC1. The smallest absolute Gasteiger partial charge is 0.243 e. The lowest BCUT2D eigenvalue weighted by Crippen LogP contribution is -2.36. The molecular formula is C15H24N2O2S. The van der Waals surface area contributed by atoms with Crippen LogP contribution in [0.2, 0.25) is 0 Å². The van der Waals surface area contributed by atoms with Gasteiger partial charge in [0.15, 0.2) is 0 Å². The summed E-state index contributed by atoms with van der Waals surface area (Å²) in [6.45, 7) is 8.31. The van der Waals surface area contributed by atoms with Crippen molar-refractivity contribution in [1.29, 1.82) is 0 Å². The molecule has 0 saturated heterocycles. The Morgan fingerprint density at radius 1 is 1.25 bits per heavy atom. The fourth-order valence-corrected chi connectivity index (χ4v) is 4.94.